The summed E-state index contributed by atoms with van der Waals surface area (Å²) in [5, 5.41) is 2.07. The highest BCUT2D eigenvalue weighted by Gasteiger charge is 2.22. The van der Waals surface area contributed by atoms with E-state index in [1.165, 1.54) is 0 Å². The maximum atomic E-state index is 12.1. The molecule has 0 atom stereocenters. The van der Waals surface area contributed by atoms with Crippen LogP contribution >= 0.6 is 23.2 Å². The van der Waals surface area contributed by atoms with Crippen molar-refractivity contribution in [2.45, 2.75) is 39.3 Å². The summed E-state index contributed by atoms with van der Waals surface area (Å²) in [7, 11) is 0. The molecule has 2 aromatic carbocycles. The topological polar surface area (TPSA) is 42.7 Å². The minimum atomic E-state index is -0.311. The van der Waals surface area contributed by atoms with Crippen LogP contribution in [0.4, 0.5) is 0 Å². The maximum absolute atomic E-state index is 12.1. The van der Waals surface area contributed by atoms with E-state index in [0.717, 1.165) is 47.1 Å². The van der Waals surface area contributed by atoms with Crippen molar-refractivity contribution in [3.8, 4) is 5.75 Å². The second kappa shape index (κ2) is 8.16. The van der Waals surface area contributed by atoms with Crippen LogP contribution in [0.2, 0.25) is 10.0 Å². The Morgan fingerprint density at radius 1 is 1.11 bits per heavy atom. The van der Waals surface area contributed by atoms with Crippen molar-refractivity contribution < 1.29 is 9.15 Å². The zero-order chi connectivity index (χ0) is 19.7. The van der Waals surface area contributed by atoms with Crippen LogP contribution in [0.1, 0.15) is 36.5 Å². The monoisotopic (exact) mass is 417 g/mol. The van der Waals surface area contributed by atoms with Crippen molar-refractivity contribution in [1.29, 1.82) is 0 Å². The molecule has 0 spiro atoms. The van der Waals surface area contributed by atoms with E-state index in [0.29, 0.717) is 35.4 Å². The van der Waals surface area contributed by atoms with Gasteiger partial charge in [-0.05, 0) is 48.2 Å². The fourth-order valence-corrected chi connectivity index (χ4v) is 3.94. The van der Waals surface area contributed by atoms with Crippen molar-refractivity contribution in [3.05, 3.63) is 73.6 Å². The molecule has 1 aliphatic rings. The van der Waals surface area contributed by atoms with Crippen molar-refractivity contribution in [1.82, 2.24) is 4.90 Å². The summed E-state index contributed by atoms with van der Waals surface area (Å²) in [6.45, 7) is 3.89. The van der Waals surface area contributed by atoms with E-state index in [-0.39, 0.29) is 5.63 Å². The summed E-state index contributed by atoms with van der Waals surface area (Å²) in [6.07, 6.45) is 2.98. The van der Waals surface area contributed by atoms with Gasteiger partial charge >= 0.3 is 5.63 Å². The number of ether oxygens (including phenoxy) is 1. The molecule has 4 rings (SSSR count). The molecule has 1 aromatic heterocycles. The van der Waals surface area contributed by atoms with Gasteiger partial charge in [-0.2, -0.15) is 0 Å². The molecule has 146 valence electrons. The van der Waals surface area contributed by atoms with Crippen LogP contribution in [0.3, 0.4) is 0 Å². The summed E-state index contributed by atoms with van der Waals surface area (Å²) in [5.74, 6) is 0.772. The molecule has 0 fully saturated rings. The van der Waals surface area contributed by atoms with Crippen molar-refractivity contribution >= 4 is 34.2 Å². The van der Waals surface area contributed by atoms with Crippen LogP contribution in [0.15, 0.2) is 45.6 Å². The number of rotatable bonds is 5. The number of hydrogen-bond acceptors (Lipinski definition) is 4. The smallest absolute Gasteiger partial charge is 0.336 e. The summed E-state index contributed by atoms with van der Waals surface area (Å²) >= 11 is 12.1. The summed E-state index contributed by atoms with van der Waals surface area (Å²) in [6, 6.07) is 11.2. The predicted molar refractivity (Wildman–Crippen MR) is 112 cm³/mol. The second-order valence-electron chi connectivity index (χ2n) is 7.12. The predicted octanol–water partition coefficient (Wildman–Crippen LogP) is 5.79. The maximum Gasteiger partial charge on any atom is 0.336 e. The lowest BCUT2D eigenvalue weighted by Crippen LogP contribution is -2.31. The molecule has 0 bridgehead atoms. The Labute approximate surface area is 173 Å². The SMILES string of the molecule is CCCCc1cc(=O)oc2c3c(ccc12)OCN(Cc1ccc(Cl)c(Cl)c1)C3. The lowest BCUT2D eigenvalue weighted by atomic mass is 10.0. The Kier molecular flexibility index (Phi) is 5.63. The lowest BCUT2D eigenvalue weighted by molar-refractivity contribution is 0.0889. The molecule has 0 amide bonds. The normalized spacial score (nSPS) is 14.1. The zero-order valence-electron chi connectivity index (χ0n) is 15.6. The Hall–Kier alpha value is -2.01. The van der Waals surface area contributed by atoms with Crippen LogP contribution < -0.4 is 10.4 Å². The van der Waals surface area contributed by atoms with Gasteiger partial charge in [0.25, 0.3) is 0 Å². The molecular formula is C22H21Cl2NO3. The molecule has 0 radical (unpaired) electrons. The highest BCUT2D eigenvalue weighted by atomic mass is 35.5. The van der Waals surface area contributed by atoms with Gasteiger partial charge in [0.05, 0.1) is 15.6 Å². The third-order valence-electron chi connectivity index (χ3n) is 5.03. The van der Waals surface area contributed by atoms with Crippen molar-refractivity contribution in [2.24, 2.45) is 0 Å². The number of fused-ring (bicyclic) bond motifs is 3. The van der Waals surface area contributed by atoms with Crippen molar-refractivity contribution in [2.75, 3.05) is 6.73 Å². The van der Waals surface area contributed by atoms with E-state index in [4.69, 9.17) is 32.4 Å². The summed E-state index contributed by atoms with van der Waals surface area (Å²) in [4.78, 5) is 14.3. The van der Waals surface area contributed by atoms with Gasteiger partial charge in [0.1, 0.15) is 18.1 Å². The average molecular weight is 418 g/mol. The first kappa shape index (κ1) is 19.3. The molecule has 0 N–H and O–H groups in total. The molecule has 0 unspecified atom stereocenters. The van der Waals surface area contributed by atoms with Gasteiger partial charge in [-0.3, -0.25) is 4.90 Å². The molecule has 0 saturated carbocycles. The van der Waals surface area contributed by atoms with Gasteiger partial charge in [0.15, 0.2) is 0 Å². The van der Waals surface area contributed by atoms with E-state index in [1.54, 1.807) is 12.1 Å². The van der Waals surface area contributed by atoms with Gasteiger partial charge in [-0.25, -0.2) is 4.79 Å². The zero-order valence-corrected chi connectivity index (χ0v) is 17.1. The first-order valence-corrected chi connectivity index (χ1v) is 10.2. The Bertz CT molecular complexity index is 1080. The van der Waals surface area contributed by atoms with Gasteiger partial charge in [0.2, 0.25) is 0 Å². The number of aryl methyl sites for hydroxylation is 1. The van der Waals surface area contributed by atoms with Crippen LogP contribution in [0, 0.1) is 0 Å². The highest BCUT2D eigenvalue weighted by molar-refractivity contribution is 6.42. The van der Waals surface area contributed by atoms with E-state index >= 15 is 0 Å². The number of benzene rings is 2. The molecule has 4 nitrogen and oxygen atoms in total. The number of halogens is 2. The van der Waals surface area contributed by atoms with Crippen LogP contribution in [-0.4, -0.2) is 11.6 Å². The van der Waals surface area contributed by atoms with E-state index in [1.807, 2.05) is 24.3 Å². The fraction of sp³-hybridized carbons (Fsp3) is 0.318. The van der Waals surface area contributed by atoms with Gasteiger partial charge < -0.3 is 9.15 Å². The Morgan fingerprint density at radius 3 is 2.75 bits per heavy atom. The molecule has 28 heavy (non-hydrogen) atoms. The number of hydrogen-bond donors (Lipinski definition) is 0. The first-order chi connectivity index (χ1) is 13.5. The fourth-order valence-electron chi connectivity index (χ4n) is 3.62. The molecule has 6 heteroatoms. The highest BCUT2D eigenvalue weighted by Crippen LogP contribution is 2.34. The minimum Gasteiger partial charge on any atom is -0.478 e. The molecule has 3 aromatic rings. The first-order valence-electron chi connectivity index (χ1n) is 9.43. The number of unbranched alkanes of at least 4 members (excludes halogenated alkanes) is 1. The second-order valence-corrected chi connectivity index (χ2v) is 7.94. The minimum absolute atomic E-state index is 0.311. The summed E-state index contributed by atoms with van der Waals surface area (Å²) < 4.78 is 11.5. The van der Waals surface area contributed by atoms with Crippen LogP contribution in [-0.2, 0) is 19.5 Å². The largest absolute Gasteiger partial charge is 0.478 e. The van der Waals surface area contributed by atoms with Gasteiger partial charge in [-0.1, -0.05) is 42.6 Å². The molecule has 0 saturated heterocycles. The van der Waals surface area contributed by atoms with Gasteiger partial charge in [0, 0.05) is 24.5 Å². The van der Waals surface area contributed by atoms with E-state index in [9.17, 15) is 4.79 Å². The standard InChI is InChI=1S/C22H21Cl2NO3/c1-2-3-4-15-10-21(26)28-22-16(15)6-8-20-17(22)12-25(13-27-20)11-14-5-7-18(23)19(24)9-14/h5-10H,2-4,11-13H2,1H3. The Morgan fingerprint density at radius 2 is 1.96 bits per heavy atom. The molecule has 2 heterocycles. The van der Waals surface area contributed by atoms with E-state index < -0.39 is 0 Å². The van der Waals surface area contributed by atoms with Crippen molar-refractivity contribution in [3.63, 3.8) is 0 Å². The summed E-state index contributed by atoms with van der Waals surface area (Å²) in [5.41, 5.74) is 3.33. The molecule has 0 aliphatic carbocycles. The molecule has 1 aliphatic heterocycles. The lowest BCUT2D eigenvalue weighted by Gasteiger charge is -2.29. The average Bonchev–Trinajstić information content (AvgIpc) is 2.69. The third kappa shape index (κ3) is 3.90. The molecular weight excluding hydrogens is 397 g/mol. The quantitative estimate of drug-likeness (QED) is 0.492. The number of nitrogens with zero attached hydrogens (tertiary/aromatic N) is 1. The van der Waals surface area contributed by atoms with Crippen LogP contribution in [0.25, 0.3) is 11.0 Å². The van der Waals surface area contributed by atoms with Gasteiger partial charge in [-0.15, -0.1) is 0 Å². The third-order valence-corrected chi connectivity index (χ3v) is 5.77. The Balaban J connectivity index is 1.67. The van der Waals surface area contributed by atoms with Crippen LogP contribution in [0.5, 0.6) is 5.75 Å². The van der Waals surface area contributed by atoms with E-state index in [2.05, 4.69) is 11.8 Å².